The fourth-order valence-electron chi connectivity index (χ4n) is 1.26. The molecule has 0 bridgehead atoms. The van der Waals surface area contributed by atoms with Crippen LogP contribution in [0.1, 0.15) is 11.1 Å². The van der Waals surface area contributed by atoms with E-state index in [1.807, 2.05) is 0 Å². The number of nitrogens with two attached hydrogens (primary N) is 1. The Labute approximate surface area is 105 Å². The van der Waals surface area contributed by atoms with Crippen molar-refractivity contribution in [1.82, 2.24) is 0 Å². The molecule has 106 valence electrons. The average molecular weight is 282 g/mol. The molecule has 3 N–H and O–H groups in total. The highest BCUT2D eigenvalue weighted by atomic mass is 19.3. The topological polar surface area (TPSA) is 59.1 Å². The fourth-order valence-corrected chi connectivity index (χ4v) is 1.26. The summed E-state index contributed by atoms with van der Waals surface area (Å²) in [6.07, 6.45) is -3.85. The predicted molar refractivity (Wildman–Crippen MR) is 58.0 cm³/mol. The zero-order chi connectivity index (χ0) is 14.6. The van der Waals surface area contributed by atoms with Gasteiger partial charge in [-0.15, -0.1) is 0 Å². The molecule has 0 fully saturated rings. The molecule has 0 saturated heterocycles. The Bertz CT molecular complexity index is 464. The Hall–Kier alpha value is -1.70. The minimum absolute atomic E-state index is 0.141. The highest BCUT2D eigenvalue weighted by Crippen LogP contribution is 2.23. The predicted octanol–water partition coefficient (Wildman–Crippen LogP) is 2.53. The van der Waals surface area contributed by atoms with Crippen molar-refractivity contribution >= 4 is 5.84 Å². The zero-order valence-electron chi connectivity index (χ0n) is 9.60. The average Bonchev–Trinajstić information content (AvgIpc) is 2.30. The molecule has 19 heavy (non-hydrogen) atoms. The molecule has 3 nitrogen and oxygen atoms in total. The van der Waals surface area contributed by atoms with Crippen molar-refractivity contribution in [2.75, 3.05) is 6.61 Å². The molecule has 0 aliphatic rings. The maximum absolute atomic E-state index is 13.7. The highest BCUT2D eigenvalue weighted by Gasteiger charge is 2.40. The minimum atomic E-state index is -4.28. The van der Waals surface area contributed by atoms with E-state index < -0.39 is 37.2 Å². The van der Waals surface area contributed by atoms with Gasteiger partial charge in [0, 0.05) is 5.56 Å². The molecule has 0 aliphatic carbocycles. The van der Waals surface area contributed by atoms with Crippen LogP contribution in [0.4, 0.5) is 22.0 Å². The first kappa shape index (κ1) is 15.4. The number of nitrogen functional groups attached to an aromatic ring is 1. The second kappa shape index (κ2) is 5.96. The maximum atomic E-state index is 13.7. The Morgan fingerprint density at radius 1 is 1.37 bits per heavy atom. The summed E-state index contributed by atoms with van der Waals surface area (Å²) in [6.45, 7) is -2.14. The molecular weight excluding hydrogens is 271 g/mol. The molecule has 8 heteroatoms. The van der Waals surface area contributed by atoms with Crippen molar-refractivity contribution in [2.45, 2.75) is 19.0 Å². The Kier molecular flexibility index (Phi) is 4.82. The van der Waals surface area contributed by atoms with Crippen molar-refractivity contribution in [3.05, 3.63) is 35.1 Å². The summed E-state index contributed by atoms with van der Waals surface area (Å²) in [7, 11) is 0. The Morgan fingerprint density at radius 3 is 2.53 bits per heavy atom. The summed E-state index contributed by atoms with van der Waals surface area (Å²) in [5, 5.41) is 7.08. The van der Waals surface area contributed by atoms with E-state index in [4.69, 9.17) is 11.1 Å². The van der Waals surface area contributed by atoms with Crippen LogP contribution in [-0.4, -0.2) is 24.8 Å². The van der Waals surface area contributed by atoms with Gasteiger partial charge in [-0.25, -0.2) is 13.2 Å². The second-order valence-electron chi connectivity index (χ2n) is 3.75. The van der Waals surface area contributed by atoms with Crippen LogP contribution in [0.5, 0.6) is 0 Å². The number of amidine groups is 1. The lowest BCUT2D eigenvalue weighted by molar-refractivity contribution is -0.168. The fraction of sp³-hybridized carbons (Fsp3) is 0.364. The summed E-state index contributed by atoms with van der Waals surface area (Å²) in [4.78, 5) is 0. The number of rotatable bonds is 6. The van der Waals surface area contributed by atoms with E-state index in [0.717, 1.165) is 0 Å². The van der Waals surface area contributed by atoms with Crippen LogP contribution in [0, 0.1) is 11.2 Å². The van der Waals surface area contributed by atoms with Crippen molar-refractivity contribution in [1.29, 1.82) is 5.41 Å². The third kappa shape index (κ3) is 3.88. The zero-order valence-corrected chi connectivity index (χ0v) is 9.60. The van der Waals surface area contributed by atoms with E-state index in [1.165, 1.54) is 18.2 Å². The molecule has 0 amide bonds. The van der Waals surface area contributed by atoms with Gasteiger partial charge in [-0.2, -0.15) is 8.78 Å². The number of alkyl halides is 4. The van der Waals surface area contributed by atoms with Gasteiger partial charge in [0.25, 0.3) is 0 Å². The van der Waals surface area contributed by atoms with Gasteiger partial charge in [0.1, 0.15) is 18.3 Å². The molecule has 0 spiro atoms. The van der Waals surface area contributed by atoms with E-state index in [9.17, 15) is 22.0 Å². The van der Waals surface area contributed by atoms with Gasteiger partial charge in [-0.05, 0) is 6.07 Å². The van der Waals surface area contributed by atoms with E-state index in [2.05, 4.69) is 4.74 Å². The minimum Gasteiger partial charge on any atom is -0.384 e. The van der Waals surface area contributed by atoms with Crippen molar-refractivity contribution in [3.8, 4) is 0 Å². The molecule has 0 aliphatic heterocycles. The second-order valence-corrected chi connectivity index (χ2v) is 3.75. The lowest BCUT2D eigenvalue weighted by atomic mass is 10.1. The molecule has 0 unspecified atom stereocenters. The summed E-state index contributed by atoms with van der Waals surface area (Å²) in [5.41, 5.74) is 4.76. The van der Waals surface area contributed by atoms with Crippen LogP contribution < -0.4 is 5.73 Å². The Morgan fingerprint density at radius 2 is 2.00 bits per heavy atom. The maximum Gasteiger partial charge on any atom is 0.330 e. The van der Waals surface area contributed by atoms with Gasteiger partial charge in [0.15, 0.2) is 0 Å². The molecule has 1 rings (SSSR count). The van der Waals surface area contributed by atoms with Gasteiger partial charge in [-0.3, -0.25) is 5.41 Å². The lowest BCUT2D eigenvalue weighted by Crippen LogP contribution is -2.32. The van der Waals surface area contributed by atoms with Crippen LogP contribution in [0.2, 0.25) is 0 Å². The third-order valence-electron chi connectivity index (χ3n) is 2.24. The number of hydrogen-bond donors (Lipinski definition) is 2. The summed E-state index contributed by atoms with van der Waals surface area (Å²) < 4.78 is 66.8. The SMILES string of the molecule is N=C(N)c1cccc(COCC(F)(F)C(F)F)c1F. The smallest absolute Gasteiger partial charge is 0.330 e. The number of halogens is 5. The van der Waals surface area contributed by atoms with Crippen LogP contribution >= 0.6 is 0 Å². The van der Waals surface area contributed by atoms with Gasteiger partial charge in [0.05, 0.1) is 12.2 Å². The van der Waals surface area contributed by atoms with Crippen LogP contribution in [-0.2, 0) is 11.3 Å². The van der Waals surface area contributed by atoms with Crippen molar-refractivity contribution in [3.63, 3.8) is 0 Å². The number of benzene rings is 1. The van der Waals surface area contributed by atoms with Crippen LogP contribution in [0.3, 0.4) is 0 Å². The molecular formula is C11H11F5N2O. The lowest BCUT2D eigenvalue weighted by Gasteiger charge is -2.15. The molecule has 0 saturated carbocycles. The highest BCUT2D eigenvalue weighted by molar-refractivity contribution is 5.95. The van der Waals surface area contributed by atoms with Gasteiger partial charge < -0.3 is 10.5 Å². The first-order valence-electron chi connectivity index (χ1n) is 5.11. The Balaban J connectivity index is 2.69. The molecule has 1 aromatic carbocycles. The van der Waals surface area contributed by atoms with Crippen molar-refractivity contribution < 1.29 is 26.7 Å². The van der Waals surface area contributed by atoms with Gasteiger partial charge >= 0.3 is 12.3 Å². The molecule has 0 atom stereocenters. The monoisotopic (exact) mass is 282 g/mol. The molecule has 0 heterocycles. The van der Waals surface area contributed by atoms with E-state index in [1.54, 1.807) is 0 Å². The summed E-state index contributed by atoms with van der Waals surface area (Å²) in [5.74, 6) is -5.71. The number of nitrogens with one attached hydrogen (secondary N) is 1. The molecule has 1 aromatic rings. The third-order valence-corrected chi connectivity index (χ3v) is 2.24. The van der Waals surface area contributed by atoms with E-state index in [-0.39, 0.29) is 11.1 Å². The van der Waals surface area contributed by atoms with E-state index in [0.29, 0.717) is 0 Å². The first-order chi connectivity index (χ1) is 8.75. The summed E-state index contributed by atoms with van der Waals surface area (Å²) in [6, 6.07) is 3.81. The molecule has 0 radical (unpaired) electrons. The largest absolute Gasteiger partial charge is 0.384 e. The van der Waals surface area contributed by atoms with Crippen LogP contribution in [0.15, 0.2) is 18.2 Å². The summed E-state index contributed by atoms with van der Waals surface area (Å²) >= 11 is 0. The van der Waals surface area contributed by atoms with Crippen LogP contribution in [0.25, 0.3) is 0 Å². The van der Waals surface area contributed by atoms with Crippen molar-refractivity contribution in [2.24, 2.45) is 5.73 Å². The van der Waals surface area contributed by atoms with Gasteiger partial charge in [-0.1, -0.05) is 12.1 Å². The van der Waals surface area contributed by atoms with Gasteiger partial charge in [0.2, 0.25) is 0 Å². The molecule has 0 aromatic heterocycles. The standard InChI is InChI=1S/C11H11F5N2O/c12-8-6(2-1-3-7(8)9(17)18)4-19-5-11(15,16)10(13)14/h1-3,10H,4-5H2,(H3,17,18). The number of ether oxygens (including phenoxy) is 1. The quantitative estimate of drug-likeness (QED) is 0.478. The normalized spacial score (nSPS) is 11.9. The number of hydrogen-bond acceptors (Lipinski definition) is 2. The van der Waals surface area contributed by atoms with E-state index >= 15 is 0 Å². The first-order valence-corrected chi connectivity index (χ1v) is 5.11.